The second-order valence-corrected chi connectivity index (χ2v) is 5.94. The van der Waals surface area contributed by atoms with Crippen LogP contribution in [0, 0.1) is 0 Å². The molecule has 1 aliphatic carbocycles. The Hall–Kier alpha value is -0.810. The fraction of sp³-hybridized carbons (Fsp3) is 0.400. The predicted molar refractivity (Wildman–Crippen MR) is 59.5 cm³/mol. The lowest BCUT2D eigenvalue weighted by Gasteiger charge is -1.94. The highest BCUT2D eigenvalue weighted by atomic mass is 32.2. The van der Waals surface area contributed by atoms with Crippen LogP contribution >= 0.6 is 23.1 Å². The summed E-state index contributed by atoms with van der Waals surface area (Å²) in [6.07, 6.45) is 2.51. The average Bonchev–Trinajstić information content (AvgIpc) is 2.93. The van der Waals surface area contributed by atoms with Crippen molar-refractivity contribution < 1.29 is 14.3 Å². The number of methoxy groups -OCH3 is 1. The number of Topliss-reactive ketones (excluding diaryl/α,β-unsaturated/α-hetero) is 1. The van der Waals surface area contributed by atoms with Crippen molar-refractivity contribution >= 4 is 34.9 Å². The van der Waals surface area contributed by atoms with Crippen molar-refractivity contribution in [2.75, 3.05) is 7.11 Å². The summed E-state index contributed by atoms with van der Waals surface area (Å²) >= 11 is 3.15. The molecule has 1 saturated carbocycles. The summed E-state index contributed by atoms with van der Waals surface area (Å²) < 4.78 is 5.48. The molecule has 2 rings (SSSR count). The average molecular weight is 242 g/mol. The van der Waals surface area contributed by atoms with E-state index in [2.05, 4.69) is 4.74 Å². The second kappa shape index (κ2) is 4.37. The lowest BCUT2D eigenvalue weighted by atomic mass is 10.3. The molecule has 1 aromatic rings. The summed E-state index contributed by atoms with van der Waals surface area (Å²) in [4.78, 5) is 22.9. The zero-order valence-corrected chi connectivity index (χ0v) is 9.82. The smallest absolute Gasteiger partial charge is 0.380 e. The van der Waals surface area contributed by atoms with Gasteiger partial charge >= 0.3 is 5.97 Å². The molecule has 0 bridgehead atoms. The van der Waals surface area contributed by atoms with Gasteiger partial charge in [0, 0.05) is 5.25 Å². The summed E-state index contributed by atoms with van der Waals surface area (Å²) in [7, 11) is 1.22. The normalized spacial score (nSPS) is 15.0. The molecule has 0 atom stereocenters. The highest BCUT2D eigenvalue weighted by molar-refractivity contribution is 8.02. The van der Waals surface area contributed by atoms with Gasteiger partial charge in [-0.05, 0) is 25.0 Å². The Morgan fingerprint density at radius 2 is 2.20 bits per heavy atom. The first kappa shape index (κ1) is 10.7. The van der Waals surface area contributed by atoms with E-state index in [4.69, 9.17) is 0 Å². The maximum Gasteiger partial charge on any atom is 0.380 e. The zero-order chi connectivity index (χ0) is 10.8. The number of ketones is 1. The molecule has 1 heterocycles. The minimum Gasteiger partial charge on any atom is -0.463 e. The molecule has 1 aromatic heterocycles. The van der Waals surface area contributed by atoms with Gasteiger partial charge in [-0.3, -0.25) is 4.79 Å². The first-order chi connectivity index (χ1) is 7.20. The van der Waals surface area contributed by atoms with Crippen LogP contribution < -0.4 is 0 Å². The van der Waals surface area contributed by atoms with Crippen LogP contribution in [0.25, 0.3) is 0 Å². The SMILES string of the molecule is COC(=O)C(=O)c1ccc(SC2CC2)s1. The van der Waals surface area contributed by atoms with Crippen LogP contribution in [0.4, 0.5) is 0 Å². The topological polar surface area (TPSA) is 43.4 Å². The van der Waals surface area contributed by atoms with Crippen LogP contribution in [0.15, 0.2) is 16.3 Å². The molecule has 5 heteroatoms. The van der Waals surface area contributed by atoms with Crippen molar-refractivity contribution in [2.45, 2.75) is 22.3 Å². The van der Waals surface area contributed by atoms with Crippen LogP contribution in [-0.2, 0) is 9.53 Å². The zero-order valence-electron chi connectivity index (χ0n) is 8.19. The molecule has 3 nitrogen and oxygen atoms in total. The van der Waals surface area contributed by atoms with Gasteiger partial charge in [-0.1, -0.05) is 0 Å². The van der Waals surface area contributed by atoms with E-state index in [1.165, 1.54) is 31.3 Å². The highest BCUT2D eigenvalue weighted by Crippen LogP contribution is 2.41. The molecule has 1 fully saturated rings. The molecular weight excluding hydrogens is 232 g/mol. The van der Waals surface area contributed by atoms with Crippen LogP contribution in [0.2, 0.25) is 0 Å². The lowest BCUT2D eigenvalue weighted by Crippen LogP contribution is -2.13. The van der Waals surface area contributed by atoms with E-state index in [1.807, 2.05) is 6.07 Å². The number of hydrogen-bond acceptors (Lipinski definition) is 5. The standard InChI is InChI=1S/C10H10O3S2/c1-13-10(12)9(11)7-4-5-8(15-7)14-6-2-3-6/h4-6H,2-3H2,1H3. The molecular formula is C10H10O3S2. The summed E-state index contributed by atoms with van der Waals surface area (Å²) in [6.45, 7) is 0. The number of ether oxygens (including phenoxy) is 1. The molecule has 0 aromatic carbocycles. The van der Waals surface area contributed by atoms with E-state index in [1.54, 1.807) is 17.8 Å². The Bertz CT molecular complexity index is 393. The van der Waals surface area contributed by atoms with Crippen LogP contribution in [0.1, 0.15) is 22.5 Å². The quantitative estimate of drug-likeness (QED) is 0.462. The Kier molecular flexibility index (Phi) is 3.11. The summed E-state index contributed by atoms with van der Waals surface area (Å²) in [5, 5.41) is 0.713. The molecule has 0 aliphatic heterocycles. The fourth-order valence-corrected chi connectivity index (χ4v) is 3.43. The lowest BCUT2D eigenvalue weighted by molar-refractivity contribution is -0.135. The number of thioether (sulfide) groups is 1. The van der Waals surface area contributed by atoms with E-state index >= 15 is 0 Å². The van der Waals surface area contributed by atoms with Crippen LogP contribution in [0.5, 0.6) is 0 Å². The Labute approximate surface area is 95.8 Å². The molecule has 0 unspecified atom stereocenters. The molecule has 0 radical (unpaired) electrons. The van der Waals surface area contributed by atoms with Crippen molar-refractivity contribution in [3.8, 4) is 0 Å². The maximum absolute atomic E-state index is 11.4. The Morgan fingerprint density at radius 3 is 2.80 bits per heavy atom. The number of esters is 1. The number of carbonyl (C=O) groups is 2. The van der Waals surface area contributed by atoms with Crippen LogP contribution in [-0.4, -0.2) is 24.1 Å². The second-order valence-electron chi connectivity index (χ2n) is 3.26. The van der Waals surface area contributed by atoms with E-state index in [-0.39, 0.29) is 0 Å². The van der Waals surface area contributed by atoms with Gasteiger partial charge in [-0.25, -0.2) is 4.79 Å². The van der Waals surface area contributed by atoms with Crippen molar-refractivity contribution in [1.29, 1.82) is 0 Å². The summed E-state index contributed by atoms with van der Waals surface area (Å²) in [5.74, 6) is -1.34. The molecule has 0 amide bonds. The minimum atomic E-state index is -0.792. The molecule has 1 aliphatic rings. The molecule has 0 N–H and O–H groups in total. The van der Waals surface area contributed by atoms with E-state index < -0.39 is 11.8 Å². The van der Waals surface area contributed by atoms with Gasteiger partial charge in [0.25, 0.3) is 5.78 Å². The Morgan fingerprint density at radius 1 is 1.47 bits per heavy atom. The summed E-state index contributed by atoms with van der Waals surface area (Å²) in [5.41, 5.74) is 0. The van der Waals surface area contributed by atoms with Gasteiger partial charge in [0.15, 0.2) is 0 Å². The highest BCUT2D eigenvalue weighted by Gasteiger charge is 2.24. The largest absolute Gasteiger partial charge is 0.463 e. The number of rotatable bonds is 4. The first-order valence-electron chi connectivity index (χ1n) is 4.60. The van der Waals surface area contributed by atoms with E-state index in [9.17, 15) is 9.59 Å². The third-order valence-electron chi connectivity index (χ3n) is 1.98. The van der Waals surface area contributed by atoms with Crippen molar-refractivity contribution in [2.24, 2.45) is 0 Å². The third kappa shape index (κ3) is 2.60. The van der Waals surface area contributed by atoms with Gasteiger partial charge in [0.05, 0.1) is 16.2 Å². The van der Waals surface area contributed by atoms with Crippen molar-refractivity contribution in [3.05, 3.63) is 17.0 Å². The molecule has 0 saturated heterocycles. The fourth-order valence-electron chi connectivity index (χ4n) is 1.05. The number of carbonyl (C=O) groups excluding carboxylic acids is 2. The van der Waals surface area contributed by atoms with Gasteiger partial charge in [-0.15, -0.1) is 23.1 Å². The maximum atomic E-state index is 11.4. The van der Waals surface area contributed by atoms with Crippen LogP contribution in [0.3, 0.4) is 0 Å². The van der Waals surface area contributed by atoms with E-state index in [0.29, 0.717) is 10.1 Å². The van der Waals surface area contributed by atoms with Gasteiger partial charge in [-0.2, -0.15) is 0 Å². The van der Waals surface area contributed by atoms with Crippen molar-refractivity contribution in [1.82, 2.24) is 0 Å². The first-order valence-corrected chi connectivity index (χ1v) is 6.29. The third-order valence-corrected chi connectivity index (χ3v) is 4.57. The van der Waals surface area contributed by atoms with Crippen molar-refractivity contribution in [3.63, 3.8) is 0 Å². The molecule has 15 heavy (non-hydrogen) atoms. The monoisotopic (exact) mass is 242 g/mol. The van der Waals surface area contributed by atoms with E-state index in [0.717, 1.165) is 4.21 Å². The Balaban J connectivity index is 2.04. The molecule has 80 valence electrons. The van der Waals surface area contributed by atoms with Gasteiger partial charge in [0.1, 0.15) is 0 Å². The van der Waals surface area contributed by atoms with Gasteiger partial charge < -0.3 is 4.74 Å². The summed E-state index contributed by atoms with van der Waals surface area (Å²) in [6, 6.07) is 3.58. The molecule has 0 spiro atoms. The minimum absolute atomic E-state index is 0.463. The number of thiophene rings is 1. The number of hydrogen-bond donors (Lipinski definition) is 0. The predicted octanol–water partition coefficient (Wildman–Crippen LogP) is 2.36. The van der Waals surface area contributed by atoms with Gasteiger partial charge in [0.2, 0.25) is 0 Å².